The van der Waals surface area contributed by atoms with Crippen molar-refractivity contribution in [1.29, 1.82) is 0 Å². The molecule has 0 atom stereocenters. The molecule has 1 amide bonds. The predicted octanol–water partition coefficient (Wildman–Crippen LogP) is 1.23. The zero-order valence-electron chi connectivity index (χ0n) is 11.8. The van der Waals surface area contributed by atoms with E-state index < -0.39 is 0 Å². The van der Waals surface area contributed by atoms with Crippen LogP contribution in [0.4, 0.5) is 0 Å². The second-order valence-electron chi connectivity index (χ2n) is 4.16. The van der Waals surface area contributed by atoms with Crippen LogP contribution in [0.2, 0.25) is 0 Å². The molecule has 0 unspecified atom stereocenters. The lowest BCUT2D eigenvalue weighted by Crippen LogP contribution is -2.42. The van der Waals surface area contributed by atoms with E-state index in [-0.39, 0.29) is 29.9 Å². The van der Waals surface area contributed by atoms with Crippen LogP contribution in [0, 0.1) is 0 Å². The molecule has 0 radical (unpaired) electrons. The van der Waals surface area contributed by atoms with Crippen LogP contribution < -0.4 is 5.73 Å². The molecule has 0 aromatic heterocycles. The van der Waals surface area contributed by atoms with Gasteiger partial charge in [0.2, 0.25) is 5.91 Å². The monoisotopic (exact) mass is 400 g/mol. The molecule has 1 saturated heterocycles. The molecular weight excluding hydrogens is 375 g/mol. The minimum Gasteiger partial charge on any atom is -0.370 e. The Kier molecular flexibility index (Phi) is 10.5. The lowest BCUT2D eigenvalue weighted by Gasteiger charge is -2.27. The summed E-state index contributed by atoms with van der Waals surface area (Å²) in [6, 6.07) is 0. The van der Waals surface area contributed by atoms with E-state index in [1.54, 1.807) is 0 Å². The summed E-state index contributed by atoms with van der Waals surface area (Å²) < 4.78 is 0. The van der Waals surface area contributed by atoms with Crippen molar-refractivity contribution in [2.24, 2.45) is 10.7 Å². The highest BCUT2D eigenvalue weighted by molar-refractivity contribution is 14.0. The van der Waals surface area contributed by atoms with Crippen LogP contribution >= 0.6 is 35.7 Å². The van der Waals surface area contributed by atoms with E-state index >= 15 is 0 Å². The van der Waals surface area contributed by atoms with Gasteiger partial charge in [0.1, 0.15) is 0 Å². The maximum absolute atomic E-state index is 11.8. The maximum Gasteiger partial charge on any atom is 0.224 e. The Morgan fingerprint density at radius 1 is 1.32 bits per heavy atom. The van der Waals surface area contributed by atoms with Gasteiger partial charge in [0.25, 0.3) is 0 Å². The number of thioether (sulfide) groups is 1. The molecule has 1 aliphatic rings. The molecule has 2 N–H and O–H groups in total. The van der Waals surface area contributed by atoms with Gasteiger partial charge in [-0.05, 0) is 13.8 Å². The Bertz CT molecular complexity index is 291. The highest BCUT2D eigenvalue weighted by Crippen LogP contribution is 2.08. The van der Waals surface area contributed by atoms with E-state index in [0.717, 1.165) is 37.7 Å². The molecule has 0 bridgehead atoms. The fourth-order valence-corrected chi connectivity index (χ4v) is 2.80. The van der Waals surface area contributed by atoms with E-state index in [9.17, 15) is 4.79 Å². The smallest absolute Gasteiger partial charge is 0.224 e. The molecule has 1 fully saturated rings. The minimum atomic E-state index is 0. The second kappa shape index (κ2) is 10.6. The number of rotatable bonds is 5. The van der Waals surface area contributed by atoms with E-state index in [1.165, 1.54) is 0 Å². The number of carbonyl (C=O) groups is 1. The lowest BCUT2D eigenvalue weighted by molar-refractivity contribution is -0.130. The molecule has 0 saturated carbocycles. The van der Waals surface area contributed by atoms with Gasteiger partial charge in [0.15, 0.2) is 5.96 Å². The van der Waals surface area contributed by atoms with Crippen LogP contribution in [0.5, 0.6) is 0 Å². The molecule has 1 rings (SSSR count). The second-order valence-corrected chi connectivity index (χ2v) is 5.38. The number of aliphatic imine (C=N–C) groups is 1. The first-order valence-corrected chi connectivity index (χ1v) is 7.74. The fraction of sp³-hybridized carbons (Fsp3) is 0.833. The summed E-state index contributed by atoms with van der Waals surface area (Å²) in [7, 11) is 0. The van der Waals surface area contributed by atoms with E-state index in [1.807, 2.05) is 30.5 Å². The van der Waals surface area contributed by atoms with E-state index in [4.69, 9.17) is 5.73 Å². The number of guanidine groups is 1. The summed E-state index contributed by atoms with van der Waals surface area (Å²) in [5.74, 6) is 2.96. The number of amides is 1. The van der Waals surface area contributed by atoms with Gasteiger partial charge in [0.05, 0.1) is 6.54 Å². The van der Waals surface area contributed by atoms with Crippen molar-refractivity contribution in [3.8, 4) is 0 Å². The third kappa shape index (κ3) is 6.69. The first kappa shape index (κ1) is 18.8. The zero-order chi connectivity index (χ0) is 13.4. The maximum atomic E-state index is 11.8. The van der Waals surface area contributed by atoms with Crippen molar-refractivity contribution in [3.05, 3.63) is 0 Å². The number of hydrogen-bond donors (Lipinski definition) is 1. The molecule has 5 nitrogen and oxygen atoms in total. The Morgan fingerprint density at radius 2 is 1.89 bits per heavy atom. The van der Waals surface area contributed by atoms with Crippen molar-refractivity contribution in [2.75, 3.05) is 44.2 Å². The third-order valence-corrected chi connectivity index (χ3v) is 3.99. The van der Waals surface area contributed by atoms with Gasteiger partial charge in [-0.3, -0.25) is 9.79 Å². The average Bonchev–Trinajstić information content (AvgIpc) is 2.41. The summed E-state index contributed by atoms with van der Waals surface area (Å²) in [4.78, 5) is 20.0. The van der Waals surface area contributed by atoms with E-state index in [2.05, 4.69) is 9.89 Å². The van der Waals surface area contributed by atoms with Crippen LogP contribution in [-0.4, -0.2) is 65.9 Å². The summed E-state index contributed by atoms with van der Waals surface area (Å²) in [5.41, 5.74) is 5.92. The van der Waals surface area contributed by atoms with Crippen molar-refractivity contribution in [3.63, 3.8) is 0 Å². The van der Waals surface area contributed by atoms with Gasteiger partial charge in [-0.1, -0.05) is 0 Å². The number of nitrogens with zero attached hydrogens (tertiary/aromatic N) is 3. The van der Waals surface area contributed by atoms with Crippen molar-refractivity contribution in [2.45, 2.75) is 20.3 Å². The molecule has 19 heavy (non-hydrogen) atoms. The summed E-state index contributed by atoms with van der Waals surface area (Å²) >= 11 is 1.94. The molecule has 0 aliphatic carbocycles. The van der Waals surface area contributed by atoms with Crippen LogP contribution in [0.15, 0.2) is 4.99 Å². The van der Waals surface area contributed by atoms with E-state index in [0.29, 0.717) is 18.9 Å². The quantitative estimate of drug-likeness (QED) is 0.429. The highest BCUT2D eigenvalue weighted by atomic mass is 127. The highest BCUT2D eigenvalue weighted by Gasteiger charge is 2.12. The van der Waals surface area contributed by atoms with Gasteiger partial charge >= 0.3 is 0 Å². The summed E-state index contributed by atoms with van der Waals surface area (Å²) in [6.45, 7) is 7.92. The first-order chi connectivity index (χ1) is 8.69. The first-order valence-electron chi connectivity index (χ1n) is 6.59. The van der Waals surface area contributed by atoms with Gasteiger partial charge in [-0.15, -0.1) is 24.0 Å². The molecule has 0 spiro atoms. The van der Waals surface area contributed by atoms with Crippen molar-refractivity contribution >= 4 is 47.6 Å². The number of carbonyl (C=O) groups excluding carboxylic acids is 1. The average molecular weight is 400 g/mol. The van der Waals surface area contributed by atoms with Crippen LogP contribution in [-0.2, 0) is 4.79 Å². The zero-order valence-corrected chi connectivity index (χ0v) is 14.9. The Balaban J connectivity index is 0.00000324. The summed E-state index contributed by atoms with van der Waals surface area (Å²) in [6.07, 6.45) is 0.449. The molecular formula is C12H25IN4OS. The van der Waals surface area contributed by atoms with Crippen LogP contribution in [0.3, 0.4) is 0 Å². The fourth-order valence-electron chi connectivity index (χ4n) is 1.89. The van der Waals surface area contributed by atoms with Crippen molar-refractivity contribution in [1.82, 2.24) is 9.80 Å². The normalized spacial score (nSPS) is 15.9. The molecule has 0 aromatic carbocycles. The molecule has 112 valence electrons. The van der Waals surface area contributed by atoms with Crippen molar-refractivity contribution < 1.29 is 4.79 Å². The Hall–Kier alpha value is -0.180. The standard InChI is InChI=1S/C12H24N4OS.HI/c1-3-15(4-2)11(17)5-6-14-12(13)16-7-9-18-10-8-16;/h3-10H2,1-2H3,(H2,13,14);1H. The molecule has 7 heteroatoms. The van der Waals surface area contributed by atoms with Gasteiger partial charge in [-0.25, -0.2) is 0 Å². The van der Waals surface area contributed by atoms with Gasteiger partial charge in [-0.2, -0.15) is 11.8 Å². The Morgan fingerprint density at radius 3 is 2.42 bits per heavy atom. The number of nitrogens with two attached hydrogens (primary N) is 1. The van der Waals surface area contributed by atoms with Gasteiger partial charge < -0.3 is 15.5 Å². The lowest BCUT2D eigenvalue weighted by atomic mass is 10.3. The summed E-state index contributed by atoms with van der Waals surface area (Å²) in [5, 5.41) is 0. The number of hydrogen-bond acceptors (Lipinski definition) is 3. The largest absolute Gasteiger partial charge is 0.370 e. The Labute approximate surface area is 137 Å². The number of halogens is 1. The van der Waals surface area contributed by atoms with Crippen LogP contribution in [0.25, 0.3) is 0 Å². The predicted molar refractivity (Wildman–Crippen MR) is 93.3 cm³/mol. The SMILES string of the molecule is CCN(CC)C(=O)CCN=C(N)N1CCSCC1.I. The van der Waals surface area contributed by atoms with Crippen LogP contribution in [0.1, 0.15) is 20.3 Å². The minimum absolute atomic E-state index is 0. The topological polar surface area (TPSA) is 61.9 Å². The third-order valence-electron chi connectivity index (χ3n) is 3.05. The van der Waals surface area contributed by atoms with Gasteiger partial charge in [0, 0.05) is 44.1 Å². The molecule has 0 aromatic rings. The molecule has 1 heterocycles. The molecule has 1 aliphatic heterocycles.